The first kappa shape index (κ1) is 29.6. The number of benzene rings is 5. The molecule has 7 nitrogen and oxygen atoms in total. The Bertz CT molecular complexity index is 2040. The van der Waals surface area contributed by atoms with Gasteiger partial charge in [0.25, 0.3) is 4.93 Å². The van der Waals surface area contributed by atoms with E-state index in [1.54, 1.807) is 103 Å². The standard InChI is InChI=1S/C34H26ClNO6S2/c1-41-29-23-19-27(20-24-29)34(44(39,40)31-15-9-4-10-16-31)33(26-11-5-2-6-12-26,43(37,38)30-13-7-3-8-14-30)32(36-42-34)25-17-21-28(35)22-18-25/h2-24H,1H3. The minimum Gasteiger partial charge on any atom is -0.497 e. The summed E-state index contributed by atoms with van der Waals surface area (Å²) < 4.78 is 64.5. The van der Waals surface area contributed by atoms with Crippen LogP contribution in [0.25, 0.3) is 0 Å². The predicted molar refractivity (Wildman–Crippen MR) is 169 cm³/mol. The lowest BCUT2D eigenvalue weighted by molar-refractivity contribution is 0.0260. The minimum atomic E-state index is -4.75. The fraction of sp³-hybridized carbons (Fsp3) is 0.0882. The van der Waals surface area contributed by atoms with Gasteiger partial charge >= 0.3 is 0 Å². The van der Waals surface area contributed by atoms with Crippen LogP contribution >= 0.6 is 11.6 Å². The van der Waals surface area contributed by atoms with Crippen molar-refractivity contribution in [1.29, 1.82) is 0 Å². The Hall–Kier alpha value is -4.44. The lowest BCUT2D eigenvalue weighted by Gasteiger charge is -2.43. The van der Waals surface area contributed by atoms with Crippen molar-refractivity contribution in [3.8, 4) is 5.75 Å². The van der Waals surface area contributed by atoms with E-state index >= 15 is 16.8 Å². The molecule has 0 N–H and O–H groups in total. The van der Waals surface area contributed by atoms with Gasteiger partial charge in [0.2, 0.25) is 14.6 Å². The quantitative estimate of drug-likeness (QED) is 0.185. The second-order valence-corrected chi connectivity index (χ2v) is 14.6. The maximum atomic E-state index is 15.5. The summed E-state index contributed by atoms with van der Waals surface area (Å²) in [4.78, 5) is 3.33. The Kier molecular flexibility index (Phi) is 7.57. The SMILES string of the molecule is COc1ccc(C2(S(=O)(=O)c3ccccc3)ON=C(c3ccc(Cl)cc3)C2(c2ccccc2)S(=O)(=O)c2ccccc2)cc1. The van der Waals surface area contributed by atoms with Gasteiger partial charge in [0.1, 0.15) is 11.5 Å². The summed E-state index contributed by atoms with van der Waals surface area (Å²) >= 11 is 6.23. The number of hydrogen-bond acceptors (Lipinski definition) is 7. The summed E-state index contributed by atoms with van der Waals surface area (Å²) in [6, 6.07) is 36.1. The van der Waals surface area contributed by atoms with Crippen LogP contribution in [-0.2, 0) is 34.2 Å². The molecule has 222 valence electrons. The minimum absolute atomic E-state index is 0.0400. The van der Waals surface area contributed by atoms with E-state index in [0.29, 0.717) is 16.3 Å². The number of hydrogen-bond donors (Lipinski definition) is 0. The predicted octanol–water partition coefficient (Wildman–Crippen LogP) is 6.78. The van der Waals surface area contributed by atoms with E-state index in [1.807, 2.05) is 0 Å². The van der Waals surface area contributed by atoms with Gasteiger partial charge < -0.3 is 9.57 Å². The highest BCUT2D eigenvalue weighted by atomic mass is 35.5. The van der Waals surface area contributed by atoms with E-state index in [4.69, 9.17) is 21.2 Å². The van der Waals surface area contributed by atoms with E-state index in [-0.39, 0.29) is 26.6 Å². The van der Waals surface area contributed by atoms with Crippen molar-refractivity contribution >= 4 is 37.0 Å². The third-order valence-electron chi connectivity index (χ3n) is 7.72. The van der Waals surface area contributed by atoms with E-state index in [2.05, 4.69) is 5.16 Å². The van der Waals surface area contributed by atoms with Gasteiger partial charge in [0, 0.05) is 16.1 Å². The summed E-state index contributed by atoms with van der Waals surface area (Å²) in [6.07, 6.45) is 0. The highest BCUT2D eigenvalue weighted by Gasteiger charge is 2.77. The fourth-order valence-electron chi connectivity index (χ4n) is 5.72. The van der Waals surface area contributed by atoms with Crippen LogP contribution in [0, 0.1) is 0 Å². The monoisotopic (exact) mass is 643 g/mol. The summed E-state index contributed by atoms with van der Waals surface area (Å²) in [5.74, 6) is 0.439. The van der Waals surface area contributed by atoms with Gasteiger partial charge in [0.15, 0.2) is 9.84 Å². The van der Waals surface area contributed by atoms with Crippen molar-refractivity contribution < 1.29 is 26.4 Å². The molecule has 5 aromatic carbocycles. The third-order valence-corrected chi connectivity index (χ3v) is 12.8. The molecule has 0 amide bonds. The van der Waals surface area contributed by atoms with Crippen molar-refractivity contribution in [2.24, 2.45) is 5.16 Å². The van der Waals surface area contributed by atoms with Crippen LogP contribution in [0.3, 0.4) is 0 Å². The normalized spacial score (nSPS) is 20.0. The maximum Gasteiger partial charge on any atom is 0.295 e. The Morgan fingerprint density at radius 1 is 0.614 bits per heavy atom. The van der Waals surface area contributed by atoms with Crippen molar-refractivity contribution in [3.05, 3.63) is 161 Å². The molecule has 0 radical (unpaired) electrons. The maximum absolute atomic E-state index is 15.5. The Balaban J connectivity index is 1.86. The molecule has 0 saturated heterocycles. The molecule has 2 unspecified atom stereocenters. The zero-order valence-corrected chi connectivity index (χ0v) is 25.8. The van der Waals surface area contributed by atoms with Crippen LogP contribution in [-0.4, -0.2) is 29.7 Å². The van der Waals surface area contributed by atoms with Gasteiger partial charge in [-0.15, -0.1) is 0 Å². The summed E-state index contributed by atoms with van der Waals surface area (Å²) in [5.41, 5.74) is 0.388. The highest BCUT2D eigenvalue weighted by Crippen LogP contribution is 2.61. The molecule has 0 aliphatic carbocycles. The largest absolute Gasteiger partial charge is 0.497 e. The topological polar surface area (TPSA) is 99.1 Å². The molecule has 0 saturated carbocycles. The van der Waals surface area contributed by atoms with Gasteiger partial charge in [0.05, 0.1) is 16.9 Å². The summed E-state index contributed by atoms with van der Waals surface area (Å²) in [6.45, 7) is 0. The second kappa shape index (κ2) is 11.2. The van der Waals surface area contributed by atoms with Crippen molar-refractivity contribution in [2.75, 3.05) is 7.11 Å². The van der Waals surface area contributed by atoms with Gasteiger partial charge in [-0.2, -0.15) is 0 Å². The molecule has 5 aromatic rings. The van der Waals surface area contributed by atoms with Crippen molar-refractivity contribution in [1.82, 2.24) is 0 Å². The number of sulfone groups is 2. The summed E-state index contributed by atoms with van der Waals surface area (Å²) in [7, 11) is -7.99. The first-order valence-corrected chi connectivity index (χ1v) is 16.9. The van der Waals surface area contributed by atoms with Crippen LogP contribution in [0.5, 0.6) is 5.75 Å². The fourth-order valence-corrected chi connectivity index (χ4v) is 10.8. The summed E-state index contributed by atoms with van der Waals surface area (Å²) in [5, 5.41) is 4.81. The third kappa shape index (κ3) is 4.26. The van der Waals surface area contributed by atoms with Crippen LogP contribution in [0.2, 0.25) is 5.02 Å². The van der Waals surface area contributed by atoms with Crippen LogP contribution in [0.1, 0.15) is 16.7 Å². The molecule has 1 aliphatic rings. The van der Waals surface area contributed by atoms with Gasteiger partial charge in [-0.1, -0.05) is 108 Å². The Morgan fingerprint density at radius 2 is 1.11 bits per heavy atom. The van der Waals surface area contributed by atoms with E-state index in [0.717, 1.165) is 0 Å². The van der Waals surface area contributed by atoms with E-state index in [1.165, 1.54) is 43.5 Å². The number of oxime groups is 1. The van der Waals surface area contributed by atoms with Crippen LogP contribution in [0.4, 0.5) is 0 Å². The molecule has 1 aliphatic heterocycles. The van der Waals surface area contributed by atoms with Crippen molar-refractivity contribution in [2.45, 2.75) is 19.5 Å². The number of halogens is 1. The molecule has 44 heavy (non-hydrogen) atoms. The van der Waals surface area contributed by atoms with Crippen LogP contribution in [0.15, 0.2) is 154 Å². The smallest absolute Gasteiger partial charge is 0.295 e. The van der Waals surface area contributed by atoms with E-state index < -0.39 is 29.4 Å². The molecule has 0 bridgehead atoms. The van der Waals surface area contributed by atoms with Gasteiger partial charge in [-0.3, -0.25) is 0 Å². The number of nitrogens with zero attached hydrogens (tertiary/aromatic N) is 1. The molecule has 1 heterocycles. The van der Waals surface area contributed by atoms with Gasteiger partial charge in [-0.25, -0.2) is 16.8 Å². The number of ether oxygens (including phenoxy) is 1. The first-order chi connectivity index (χ1) is 21.2. The average molecular weight is 644 g/mol. The number of rotatable bonds is 8. The molecule has 0 spiro atoms. The molecule has 0 fully saturated rings. The van der Waals surface area contributed by atoms with Gasteiger partial charge in [-0.05, 0) is 54.1 Å². The molecular formula is C34H26ClNO6S2. The van der Waals surface area contributed by atoms with Crippen LogP contribution < -0.4 is 4.74 Å². The molecular weight excluding hydrogens is 618 g/mol. The molecule has 6 rings (SSSR count). The number of methoxy groups -OCH3 is 1. The molecule has 0 aromatic heterocycles. The zero-order chi connectivity index (χ0) is 31.0. The molecule has 2 atom stereocenters. The Labute approximate surface area is 261 Å². The lowest BCUT2D eigenvalue weighted by atomic mass is 9.81. The molecule has 10 heteroatoms. The lowest BCUT2D eigenvalue weighted by Crippen LogP contribution is -2.60. The zero-order valence-electron chi connectivity index (χ0n) is 23.4. The first-order valence-electron chi connectivity index (χ1n) is 13.5. The van der Waals surface area contributed by atoms with Crippen molar-refractivity contribution in [3.63, 3.8) is 0 Å². The second-order valence-electron chi connectivity index (χ2n) is 10.1. The van der Waals surface area contributed by atoms with E-state index in [9.17, 15) is 0 Å². The highest BCUT2D eigenvalue weighted by molar-refractivity contribution is 7.97. The average Bonchev–Trinajstić information content (AvgIpc) is 3.45. The Morgan fingerprint density at radius 3 is 1.64 bits per heavy atom.